The molecule has 0 aliphatic heterocycles. The summed E-state index contributed by atoms with van der Waals surface area (Å²) in [6.07, 6.45) is 0. The van der Waals surface area contributed by atoms with Crippen molar-refractivity contribution in [2.45, 2.75) is 13.1 Å². The van der Waals surface area contributed by atoms with Crippen LogP contribution in [0.15, 0.2) is 48.5 Å². The summed E-state index contributed by atoms with van der Waals surface area (Å²) in [4.78, 5) is 25.8. The predicted molar refractivity (Wildman–Crippen MR) is 92.8 cm³/mol. The average Bonchev–Trinajstić information content (AvgIpc) is 2.59. The van der Waals surface area contributed by atoms with Crippen LogP contribution in [-0.4, -0.2) is 38.0 Å². The molecule has 0 spiro atoms. The van der Waals surface area contributed by atoms with E-state index in [0.717, 1.165) is 12.1 Å². The van der Waals surface area contributed by atoms with Crippen LogP contribution in [0.3, 0.4) is 0 Å². The number of methoxy groups -OCH3 is 1. The second-order valence-electron chi connectivity index (χ2n) is 5.76. The number of amides is 1. The van der Waals surface area contributed by atoms with Gasteiger partial charge in [-0.15, -0.1) is 0 Å². The number of carbonyl (C=O) groups excluding carboxylic acids is 2. The van der Waals surface area contributed by atoms with Gasteiger partial charge in [0.05, 0.1) is 12.7 Å². The molecule has 0 atom stereocenters. The smallest absolute Gasteiger partial charge is 0.337 e. The molecule has 0 aromatic heterocycles. The fourth-order valence-corrected chi connectivity index (χ4v) is 2.38. The molecule has 0 radical (unpaired) electrons. The van der Waals surface area contributed by atoms with Gasteiger partial charge in [0, 0.05) is 18.7 Å². The average molecular weight is 326 g/mol. The minimum Gasteiger partial charge on any atom is -0.465 e. The fourth-order valence-electron chi connectivity index (χ4n) is 2.38. The molecule has 5 heteroatoms. The maximum atomic E-state index is 12.3. The second kappa shape index (κ2) is 8.26. The highest BCUT2D eigenvalue weighted by Gasteiger charge is 2.10. The molecule has 5 nitrogen and oxygen atoms in total. The molecule has 0 heterocycles. The number of hydrogen-bond donors (Lipinski definition) is 1. The number of hydrogen-bond acceptors (Lipinski definition) is 4. The summed E-state index contributed by atoms with van der Waals surface area (Å²) in [7, 11) is 5.35. The van der Waals surface area contributed by atoms with Gasteiger partial charge in [-0.05, 0) is 49.5 Å². The molecule has 1 amide bonds. The summed E-state index contributed by atoms with van der Waals surface area (Å²) >= 11 is 0. The lowest BCUT2D eigenvalue weighted by Crippen LogP contribution is -2.24. The van der Waals surface area contributed by atoms with Crippen LogP contribution < -0.4 is 5.32 Å². The first-order valence-corrected chi connectivity index (χ1v) is 7.69. The van der Waals surface area contributed by atoms with E-state index < -0.39 is 5.97 Å². The second-order valence-corrected chi connectivity index (χ2v) is 5.76. The standard InChI is InChI=1S/C19H22N2O3/c1-21(2)13-17-7-5-4-6-16(17)12-20-18(22)14-8-10-15(11-9-14)19(23)24-3/h4-11H,12-13H2,1-3H3,(H,20,22). The van der Waals surface area contributed by atoms with Crippen molar-refractivity contribution in [1.82, 2.24) is 10.2 Å². The zero-order valence-electron chi connectivity index (χ0n) is 14.2. The van der Waals surface area contributed by atoms with E-state index in [1.807, 2.05) is 32.3 Å². The Bertz CT molecular complexity index is 709. The lowest BCUT2D eigenvalue weighted by Gasteiger charge is -2.14. The van der Waals surface area contributed by atoms with Crippen molar-refractivity contribution in [2.75, 3.05) is 21.2 Å². The molecule has 2 aromatic carbocycles. The highest BCUT2D eigenvalue weighted by Crippen LogP contribution is 2.11. The Balaban J connectivity index is 2.02. The highest BCUT2D eigenvalue weighted by molar-refractivity contribution is 5.96. The molecule has 0 aliphatic carbocycles. The highest BCUT2D eigenvalue weighted by atomic mass is 16.5. The van der Waals surface area contributed by atoms with Gasteiger partial charge in [0.25, 0.3) is 5.91 Å². The zero-order chi connectivity index (χ0) is 17.5. The Hall–Kier alpha value is -2.66. The number of carbonyl (C=O) groups is 2. The molecule has 2 rings (SSSR count). The van der Waals surface area contributed by atoms with Crippen LogP contribution in [0, 0.1) is 0 Å². The topological polar surface area (TPSA) is 58.6 Å². The van der Waals surface area contributed by atoms with Crippen LogP contribution >= 0.6 is 0 Å². The van der Waals surface area contributed by atoms with Gasteiger partial charge >= 0.3 is 5.97 Å². The van der Waals surface area contributed by atoms with Crippen LogP contribution in [0.2, 0.25) is 0 Å². The summed E-state index contributed by atoms with van der Waals surface area (Å²) in [5.74, 6) is -0.592. The Labute approximate surface area is 142 Å². The molecule has 126 valence electrons. The van der Waals surface area contributed by atoms with Crippen molar-refractivity contribution in [2.24, 2.45) is 0 Å². The normalized spacial score (nSPS) is 10.5. The molecule has 0 saturated carbocycles. The van der Waals surface area contributed by atoms with Crippen LogP contribution in [0.1, 0.15) is 31.8 Å². The molecule has 0 bridgehead atoms. The zero-order valence-corrected chi connectivity index (χ0v) is 14.2. The Morgan fingerprint density at radius 2 is 1.54 bits per heavy atom. The van der Waals surface area contributed by atoms with E-state index in [1.165, 1.54) is 12.7 Å². The number of benzene rings is 2. The lowest BCUT2D eigenvalue weighted by atomic mass is 10.1. The van der Waals surface area contributed by atoms with Gasteiger partial charge in [0.15, 0.2) is 0 Å². The fraction of sp³-hybridized carbons (Fsp3) is 0.263. The first-order valence-electron chi connectivity index (χ1n) is 7.69. The van der Waals surface area contributed by atoms with E-state index in [9.17, 15) is 9.59 Å². The molecule has 1 N–H and O–H groups in total. The molecule has 0 fully saturated rings. The van der Waals surface area contributed by atoms with Gasteiger partial charge in [0.2, 0.25) is 0 Å². The molecule has 2 aromatic rings. The van der Waals surface area contributed by atoms with Crippen LogP contribution in [0.4, 0.5) is 0 Å². The van der Waals surface area contributed by atoms with Crippen molar-refractivity contribution in [3.63, 3.8) is 0 Å². The van der Waals surface area contributed by atoms with Gasteiger partial charge in [-0.2, -0.15) is 0 Å². The predicted octanol–water partition coefficient (Wildman–Crippen LogP) is 2.46. The Kier molecular flexibility index (Phi) is 6.09. The lowest BCUT2D eigenvalue weighted by molar-refractivity contribution is 0.0600. The van der Waals surface area contributed by atoms with Gasteiger partial charge in [-0.3, -0.25) is 4.79 Å². The van der Waals surface area contributed by atoms with Crippen molar-refractivity contribution in [1.29, 1.82) is 0 Å². The van der Waals surface area contributed by atoms with Gasteiger partial charge in [0.1, 0.15) is 0 Å². The first-order chi connectivity index (χ1) is 11.5. The van der Waals surface area contributed by atoms with Crippen molar-refractivity contribution in [3.8, 4) is 0 Å². The van der Waals surface area contributed by atoms with Crippen LogP contribution in [0.25, 0.3) is 0 Å². The molecule has 24 heavy (non-hydrogen) atoms. The van der Waals surface area contributed by atoms with Crippen LogP contribution in [-0.2, 0) is 17.8 Å². The summed E-state index contributed by atoms with van der Waals surface area (Å²) in [5, 5.41) is 2.92. The number of esters is 1. The maximum Gasteiger partial charge on any atom is 0.337 e. The molecular weight excluding hydrogens is 304 g/mol. The largest absolute Gasteiger partial charge is 0.465 e. The molecule has 0 aliphatic rings. The van der Waals surface area contributed by atoms with Crippen molar-refractivity contribution >= 4 is 11.9 Å². The number of rotatable bonds is 6. The van der Waals surface area contributed by atoms with E-state index in [2.05, 4.69) is 21.0 Å². The van der Waals surface area contributed by atoms with Gasteiger partial charge < -0.3 is 15.0 Å². The van der Waals surface area contributed by atoms with E-state index in [-0.39, 0.29) is 5.91 Å². The summed E-state index contributed by atoms with van der Waals surface area (Å²) in [5.41, 5.74) is 3.20. The first kappa shape index (κ1) is 17.7. The van der Waals surface area contributed by atoms with Crippen molar-refractivity contribution in [3.05, 3.63) is 70.8 Å². The number of nitrogens with one attached hydrogen (secondary N) is 1. The molecule has 0 unspecified atom stereocenters. The molecular formula is C19H22N2O3. The Morgan fingerprint density at radius 1 is 0.958 bits per heavy atom. The number of nitrogens with zero attached hydrogens (tertiary/aromatic N) is 1. The quantitative estimate of drug-likeness (QED) is 0.829. The van der Waals surface area contributed by atoms with E-state index in [0.29, 0.717) is 17.7 Å². The van der Waals surface area contributed by atoms with Crippen molar-refractivity contribution < 1.29 is 14.3 Å². The Morgan fingerprint density at radius 3 is 2.12 bits per heavy atom. The molecule has 0 saturated heterocycles. The third-order valence-electron chi connectivity index (χ3n) is 3.61. The van der Waals surface area contributed by atoms with E-state index in [4.69, 9.17) is 0 Å². The number of ether oxygens (including phenoxy) is 1. The summed E-state index contributed by atoms with van der Waals surface area (Å²) in [6, 6.07) is 14.4. The minimum absolute atomic E-state index is 0.175. The third kappa shape index (κ3) is 4.67. The maximum absolute atomic E-state index is 12.3. The minimum atomic E-state index is -0.417. The third-order valence-corrected chi connectivity index (χ3v) is 3.61. The van der Waals surface area contributed by atoms with Gasteiger partial charge in [-0.1, -0.05) is 24.3 Å². The van der Waals surface area contributed by atoms with Gasteiger partial charge in [-0.25, -0.2) is 4.79 Å². The van der Waals surface area contributed by atoms with Crippen LogP contribution in [0.5, 0.6) is 0 Å². The SMILES string of the molecule is COC(=O)c1ccc(C(=O)NCc2ccccc2CN(C)C)cc1. The summed E-state index contributed by atoms with van der Waals surface area (Å²) < 4.78 is 4.64. The van der Waals surface area contributed by atoms with E-state index in [1.54, 1.807) is 24.3 Å². The monoisotopic (exact) mass is 326 g/mol. The summed E-state index contributed by atoms with van der Waals surface area (Å²) in [6.45, 7) is 1.28. The van der Waals surface area contributed by atoms with E-state index >= 15 is 0 Å².